The summed E-state index contributed by atoms with van der Waals surface area (Å²) in [4.78, 5) is 0. The van der Waals surface area contributed by atoms with Crippen molar-refractivity contribution in [2.75, 3.05) is 6.54 Å². The van der Waals surface area contributed by atoms with Crippen LogP contribution in [0.2, 0.25) is 19.6 Å². The summed E-state index contributed by atoms with van der Waals surface area (Å²) in [6.45, 7) is 9.07. The van der Waals surface area contributed by atoms with E-state index in [0.29, 0.717) is 0 Å². The third-order valence-electron chi connectivity index (χ3n) is 2.82. The van der Waals surface area contributed by atoms with Gasteiger partial charge in [-0.3, -0.25) is 0 Å². The molecule has 0 spiro atoms. The van der Waals surface area contributed by atoms with Crippen molar-refractivity contribution in [3.8, 4) is 12.3 Å². The van der Waals surface area contributed by atoms with Gasteiger partial charge in [0.2, 0.25) is 0 Å². The Labute approximate surface area is 107 Å². The van der Waals surface area contributed by atoms with Crippen LogP contribution in [0.3, 0.4) is 0 Å². The molecule has 1 rings (SSSR count). The summed E-state index contributed by atoms with van der Waals surface area (Å²) in [5.41, 5.74) is 1.35. The molecule has 0 aliphatic carbocycles. The maximum Gasteiger partial charge on any atom is 0.0775 e. The Morgan fingerprint density at radius 3 is 2.35 bits per heavy atom. The lowest BCUT2D eigenvalue weighted by molar-refractivity contribution is 0.659. The Hall–Kier alpha value is -1.04. The zero-order valence-electron chi connectivity index (χ0n) is 11.2. The second-order valence-electron chi connectivity index (χ2n) is 5.43. The van der Waals surface area contributed by atoms with Gasteiger partial charge in [0.1, 0.15) is 0 Å². The third kappa shape index (κ3) is 5.21. The summed E-state index contributed by atoms with van der Waals surface area (Å²) in [5, 5.41) is 4.93. The average molecular weight is 245 g/mol. The minimum atomic E-state index is -1.15. The van der Waals surface area contributed by atoms with Crippen LogP contribution >= 0.6 is 0 Å². The van der Waals surface area contributed by atoms with Crippen LogP contribution in [-0.2, 0) is 6.54 Å². The van der Waals surface area contributed by atoms with Crippen LogP contribution in [0, 0.1) is 12.3 Å². The van der Waals surface area contributed by atoms with E-state index in [0.717, 1.165) is 25.9 Å². The highest BCUT2D eigenvalue weighted by Gasteiger charge is 2.15. The first-order valence-electron chi connectivity index (χ1n) is 6.27. The maximum atomic E-state index is 5.21. The molecule has 0 saturated heterocycles. The van der Waals surface area contributed by atoms with Crippen LogP contribution in [0.1, 0.15) is 18.4 Å². The van der Waals surface area contributed by atoms with Crippen LogP contribution < -0.4 is 10.5 Å². The first kappa shape index (κ1) is 14.0. The van der Waals surface area contributed by atoms with Crippen LogP contribution in [0.15, 0.2) is 24.3 Å². The van der Waals surface area contributed by atoms with Crippen molar-refractivity contribution in [1.29, 1.82) is 0 Å². The Bertz CT molecular complexity index is 367. The molecule has 1 aromatic rings. The predicted molar refractivity (Wildman–Crippen MR) is 79.2 cm³/mol. The molecule has 0 saturated carbocycles. The van der Waals surface area contributed by atoms with Crippen molar-refractivity contribution >= 4 is 13.3 Å². The van der Waals surface area contributed by atoms with E-state index in [4.69, 9.17) is 6.42 Å². The summed E-state index contributed by atoms with van der Waals surface area (Å²) < 4.78 is 0. The van der Waals surface area contributed by atoms with Gasteiger partial charge in [0.05, 0.1) is 8.07 Å². The van der Waals surface area contributed by atoms with E-state index in [1.54, 1.807) is 0 Å². The molecule has 0 unspecified atom stereocenters. The standard InChI is InChI=1S/C15H23NSi/c1-5-6-7-12-16-13-14-8-10-15(11-9-14)17(2,3)4/h1,8-11,16H,6-7,12-13H2,2-4H3. The monoisotopic (exact) mass is 245 g/mol. The fraction of sp³-hybridized carbons (Fsp3) is 0.467. The molecule has 1 N–H and O–H groups in total. The zero-order valence-corrected chi connectivity index (χ0v) is 12.2. The van der Waals surface area contributed by atoms with Gasteiger partial charge in [-0.05, 0) is 18.5 Å². The molecule has 0 fully saturated rings. The fourth-order valence-corrected chi connectivity index (χ4v) is 2.84. The van der Waals surface area contributed by atoms with Gasteiger partial charge in [0.15, 0.2) is 0 Å². The molecule has 92 valence electrons. The van der Waals surface area contributed by atoms with Gasteiger partial charge in [0, 0.05) is 13.0 Å². The van der Waals surface area contributed by atoms with E-state index in [2.05, 4.69) is 55.1 Å². The lowest BCUT2D eigenvalue weighted by Crippen LogP contribution is -2.37. The van der Waals surface area contributed by atoms with Crippen molar-refractivity contribution in [2.45, 2.75) is 39.0 Å². The van der Waals surface area contributed by atoms with Crippen LogP contribution in [0.5, 0.6) is 0 Å². The van der Waals surface area contributed by atoms with E-state index < -0.39 is 8.07 Å². The van der Waals surface area contributed by atoms with Crippen molar-refractivity contribution in [3.05, 3.63) is 29.8 Å². The minimum absolute atomic E-state index is 0.863. The predicted octanol–water partition coefficient (Wildman–Crippen LogP) is 2.73. The summed E-state index contributed by atoms with van der Waals surface area (Å²) in [7, 11) is -1.15. The number of rotatable bonds is 6. The molecule has 0 aliphatic rings. The number of terminal acetylenes is 1. The number of hydrogen-bond donors (Lipinski definition) is 1. The highest BCUT2D eigenvalue weighted by molar-refractivity contribution is 6.88. The molecule has 0 radical (unpaired) electrons. The SMILES string of the molecule is C#CCCCNCc1ccc([Si](C)(C)C)cc1. The summed E-state index contributed by atoms with van der Waals surface area (Å²) in [5.74, 6) is 2.66. The molecule has 0 bridgehead atoms. The molecule has 17 heavy (non-hydrogen) atoms. The maximum absolute atomic E-state index is 5.21. The van der Waals surface area contributed by atoms with Crippen molar-refractivity contribution < 1.29 is 0 Å². The first-order valence-corrected chi connectivity index (χ1v) is 9.77. The van der Waals surface area contributed by atoms with E-state index in [1.807, 2.05) is 0 Å². The highest BCUT2D eigenvalue weighted by Crippen LogP contribution is 2.04. The van der Waals surface area contributed by atoms with E-state index >= 15 is 0 Å². The topological polar surface area (TPSA) is 12.0 Å². The number of unbranched alkanes of at least 4 members (excludes halogenated alkanes) is 1. The molecule has 0 aliphatic heterocycles. The zero-order chi connectivity index (χ0) is 12.7. The van der Waals surface area contributed by atoms with Gasteiger partial charge < -0.3 is 5.32 Å². The van der Waals surface area contributed by atoms with Gasteiger partial charge in [-0.1, -0.05) is 49.1 Å². The second-order valence-corrected chi connectivity index (χ2v) is 10.5. The van der Waals surface area contributed by atoms with Crippen LogP contribution in [0.4, 0.5) is 0 Å². The normalized spacial score (nSPS) is 11.2. The molecular weight excluding hydrogens is 222 g/mol. The summed E-state index contributed by atoms with van der Waals surface area (Å²) in [6.07, 6.45) is 7.13. The molecule has 0 atom stereocenters. The Morgan fingerprint density at radius 2 is 1.82 bits per heavy atom. The number of nitrogens with one attached hydrogen (secondary N) is 1. The lowest BCUT2D eigenvalue weighted by Gasteiger charge is -2.16. The molecule has 0 amide bonds. The third-order valence-corrected chi connectivity index (χ3v) is 4.89. The van der Waals surface area contributed by atoms with Gasteiger partial charge in [-0.25, -0.2) is 0 Å². The fourth-order valence-electron chi connectivity index (χ4n) is 1.67. The molecule has 2 heteroatoms. The van der Waals surface area contributed by atoms with E-state index in [9.17, 15) is 0 Å². The molecule has 1 aromatic carbocycles. The summed E-state index contributed by atoms with van der Waals surface area (Å²) in [6, 6.07) is 9.04. The number of hydrogen-bond acceptors (Lipinski definition) is 1. The minimum Gasteiger partial charge on any atom is -0.313 e. The average Bonchev–Trinajstić information content (AvgIpc) is 2.28. The smallest absolute Gasteiger partial charge is 0.0775 e. The quantitative estimate of drug-likeness (QED) is 0.462. The Morgan fingerprint density at radius 1 is 1.18 bits per heavy atom. The van der Waals surface area contributed by atoms with Gasteiger partial charge in [-0.2, -0.15) is 0 Å². The molecule has 0 heterocycles. The highest BCUT2D eigenvalue weighted by atomic mass is 28.3. The number of benzene rings is 1. The van der Waals surface area contributed by atoms with Crippen LogP contribution in [-0.4, -0.2) is 14.6 Å². The first-order chi connectivity index (χ1) is 8.04. The van der Waals surface area contributed by atoms with E-state index in [1.165, 1.54) is 10.8 Å². The van der Waals surface area contributed by atoms with Crippen molar-refractivity contribution in [3.63, 3.8) is 0 Å². The van der Waals surface area contributed by atoms with Crippen molar-refractivity contribution in [1.82, 2.24) is 5.32 Å². The van der Waals surface area contributed by atoms with E-state index in [-0.39, 0.29) is 0 Å². The second kappa shape index (κ2) is 6.63. The Kier molecular flexibility index (Phi) is 5.47. The van der Waals surface area contributed by atoms with Gasteiger partial charge in [0.25, 0.3) is 0 Å². The summed E-state index contributed by atoms with van der Waals surface area (Å²) >= 11 is 0. The Balaban J connectivity index is 2.39. The molecule has 0 aromatic heterocycles. The van der Waals surface area contributed by atoms with Crippen LogP contribution in [0.25, 0.3) is 0 Å². The molecular formula is C15H23NSi. The van der Waals surface area contributed by atoms with Gasteiger partial charge >= 0.3 is 0 Å². The largest absolute Gasteiger partial charge is 0.313 e. The lowest BCUT2D eigenvalue weighted by atomic mass is 10.2. The van der Waals surface area contributed by atoms with Crippen molar-refractivity contribution in [2.24, 2.45) is 0 Å². The van der Waals surface area contributed by atoms with Gasteiger partial charge in [-0.15, -0.1) is 12.3 Å². The molecule has 1 nitrogen and oxygen atoms in total.